The van der Waals surface area contributed by atoms with Crippen LogP contribution in [0.4, 0.5) is 5.69 Å². The number of non-ortho nitro benzene ring substituents is 1. The number of pyridine rings is 1. The molecule has 2 heterocycles. The molecule has 0 saturated carbocycles. The second-order valence-electron chi connectivity index (χ2n) is 8.37. The van der Waals surface area contributed by atoms with Gasteiger partial charge < -0.3 is 0 Å². The van der Waals surface area contributed by atoms with Gasteiger partial charge in [0.25, 0.3) is 5.69 Å². The van der Waals surface area contributed by atoms with Gasteiger partial charge in [-0.3, -0.25) is 10.1 Å². The minimum Gasteiger partial charge on any atom is -0.258 e. The highest BCUT2D eigenvalue weighted by Gasteiger charge is 2.25. The lowest BCUT2D eigenvalue weighted by atomic mass is 9.98. The van der Waals surface area contributed by atoms with Gasteiger partial charge >= 0.3 is 0 Å². The Labute approximate surface area is 197 Å². The van der Waals surface area contributed by atoms with Gasteiger partial charge in [-0.05, 0) is 48.2 Å². The fraction of sp³-hybridized carbons (Fsp3) is 0.192. The summed E-state index contributed by atoms with van der Waals surface area (Å²) in [5, 5.41) is 12.0. The predicted octanol–water partition coefficient (Wildman–Crippen LogP) is 5.65. The van der Waals surface area contributed by atoms with Gasteiger partial charge in [-0.25, -0.2) is 13.4 Å². The van der Waals surface area contributed by atoms with Crippen LogP contribution in [0.5, 0.6) is 0 Å². The van der Waals surface area contributed by atoms with E-state index in [0.29, 0.717) is 29.7 Å². The van der Waals surface area contributed by atoms with Crippen molar-refractivity contribution in [2.75, 3.05) is 13.1 Å². The summed E-state index contributed by atoms with van der Waals surface area (Å²) in [5.74, 6) is 0. The maximum Gasteiger partial charge on any atom is 0.270 e. The molecule has 5 rings (SSSR count). The first-order valence-electron chi connectivity index (χ1n) is 11.2. The second kappa shape index (κ2) is 8.96. The van der Waals surface area contributed by atoms with Gasteiger partial charge in [-0.2, -0.15) is 4.31 Å². The van der Waals surface area contributed by atoms with Crippen LogP contribution in [-0.4, -0.2) is 35.7 Å². The van der Waals surface area contributed by atoms with E-state index in [4.69, 9.17) is 4.98 Å². The summed E-state index contributed by atoms with van der Waals surface area (Å²) in [6.45, 7) is 1.12. The zero-order chi connectivity index (χ0) is 23.7. The van der Waals surface area contributed by atoms with E-state index in [9.17, 15) is 18.5 Å². The van der Waals surface area contributed by atoms with E-state index in [1.54, 1.807) is 40.7 Å². The van der Waals surface area contributed by atoms with E-state index in [1.165, 1.54) is 6.07 Å². The SMILES string of the molecule is O=[N+]([O-])c1ccc2nc(-c3ccc(S(=O)(=O)N4CCCCC4)cc3)cc(-c3ccccc3)c2c1. The van der Waals surface area contributed by atoms with Crippen molar-refractivity contribution in [3.05, 3.63) is 89.0 Å². The lowest BCUT2D eigenvalue weighted by Gasteiger charge is -2.25. The van der Waals surface area contributed by atoms with Crippen LogP contribution in [0.3, 0.4) is 0 Å². The number of nitro benzene ring substituents is 1. The normalized spacial score (nSPS) is 14.8. The molecule has 0 amide bonds. The average Bonchev–Trinajstić information content (AvgIpc) is 2.88. The molecular formula is C26H23N3O4S. The highest BCUT2D eigenvalue weighted by Crippen LogP contribution is 2.34. The van der Waals surface area contributed by atoms with Crippen molar-refractivity contribution in [1.82, 2.24) is 9.29 Å². The Morgan fingerprint density at radius 3 is 2.21 bits per heavy atom. The highest BCUT2D eigenvalue weighted by molar-refractivity contribution is 7.89. The Balaban J connectivity index is 1.59. The molecular weight excluding hydrogens is 450 g/mol. The third kappa shape index (κ3) is 4.18. The Morgan fingerprint density at radius 2 is 1.53 bits per heavy atom. The molecule has 7 nitrogen and oxygen atoms in total. The largest absolute Gasteiger partial charge is 0.270 e. The maximum absolute atomic E-state index is 13.0. The van der Waals surface area contributed by atoms with Crippen LogP contribution in [0.2, 0.25) is 0 Å². The predicted molar refractivity (Wildman–Crippen MR) is 132 cm³/mol. The molecule has 0 radical (unpaired) electrons. The molecule has 1 aliphatic rings. The first kappa shape index (κ1) is 22.2. The molecule has 0 unspecified atom stereocenters. The number of nitro groups is 1. The van der Waals surface area contributed by atoms with E-state index < -0.39 is 14.9 Å². The topological polar surface area (TPSA) is 93.4 Å². The zero-order valence-corrected chi connectivity index (χ0v) is 19.2. The van der Waals surface area contributed by atoms with Crippen molar-refractivity contribution in [3.63, 3.8) is 0 Å². The van der Waals surface area contributed by atoms with Gasteiger partial charge in [0.1, 0.15) is 0 Å². The fourth-order valence-electron chi connectivity index (χ4n) is 4.38. The van der Waals surface area contributed by atoms with Crippen molar-refractivity contribution in [2.45, 2.75) is 24.2 Å². The third-order valence-corrected chi connectivity index (χ3v) is 8.10. The molecule has 0 N–H and O–H groups in total. The molecule has 1 aliphatic heterocycles. The van der Waals surface area contributed by atoms with Crippen LogP contribution in [0.25, 0.3) is 33.3 Å². The summed E-state index contributed by atoms with van der Waals surface area (Å²) in [6, 6.07) is 23.0. The van der Waals surface area contributed by atoms with E-state index in [1.807, 2.05) is 36.4 Å². The van der Waals surface area contributed by atoms with Crippen molar-refractivity contribution in [1.29, 1.82) is 0 Å². The highest BCUT2D eigenvalue weighted by atomic mass is 32.2. The molecule has 1 fully saturated rings. The number of rotatable bonds is 5. The first-order chi connectivity index (χ1) is 16.4. The molecule has 0 atom stereocenters. The van der Waals surface area contributed by atoms with Crippen LogP contribution >= 0.6 is 0 Å². The first-order valence-corrected chi connectivity index (χ1v) is 12.6. The Morgan fingerprint density at radius 1 is 0.824 bits per heavy atom. The molecule has 4 aromatic rings. The van der Waals surface area contributed by atoms with Gasteiger partial charge in [0.05, 0.1) is 21.0 Å². The van der Waals surface area contributed by atoms with E-state index >= 15 is 0 Å². The number of hydrogen-bond donors (Lipinski definition) is 0. The van der Waals surface area contributed by atoms with Crippen molar-refractivity contribution in [2.24, 2.45) is 0 Å². The molecule has 3 aromatic carbocycles. The maximum atomic E-state index is 13.0. The number of nitrogens with zero attached hydrogens (tertiary/aromatic N) is 3. The van der Waals surface area contributed by atoms with E-state index in [0.717, 1.165) is 36.0 Å². The smallest absolute Gasteiger partial charge is 0.258 e. The van der Waals surface area contributed by atoms with E-state index in [-0.39, 0.29) is 10.6 Å². The summed E-state index contributed by atoms with van der Waals surface area (Å²) in [5.41, 5.74) is 3.82. The van der Waals surface area contributed by atoms with Gasteiger partial charge in [-0.15, -0.1) is 0 Å². The average molecular weight is 474 g/mol. The van der Waals surface area contributed by atoms with Gasteiger partial charge in [0, 0.05) is 36.2 Å². The summed E-state index contributed by atoms with van der Waals surface area (Å²) in [6.07, 6.45) is 2.84. The molecule has 0 spiro atoms. The monoisotopic (exact) mass is 473 g/mol. The minimum absolute atomic E-state index is 0.00602. The summed E-state index contributed by atoms with van der Waals surface area (Å²) >= 11 is 0. The number of aromatic nitrogens is 1. The Kier molecular flexibility index (Phi) is 5.85. The lowest BCUT2D eigenvalue weighted by molar-refractivity contribution is -0.384. The van der Waals surface area contributed by atoms with Crippen LogP contribution in [0, 0.1) is 10.1 Å². The standard InChI is InChI=1S/C26H23N3O4S/c30-29(31)21-11-14-25-24(17-21)23(19-7-3-1-4-8-19)18-26(27-25)20-9-12-22(13-10-20)34(32,33)28-15-5-2-6-16-28/h1,3-4,7-14,17-18H,2,5-6,15-16H2. The number of hydrogen-bond acceptors (Lipinski definition) is 5. The van der Waals surface area contributed by atoms with Crippen molar-refractivity contribution in [3.8, 4) is 22.4 Å². The van der Waals surface area contributed by atoms with Gasteiger partial charge in [0.2, 0.25) is 10.0 Å². The number of piperidine rings is 1. The van der Waals surface area contributed by atoms with Crippen LogP contribution in [0.1, 0.15) is 19.3 Å². The zero-order valence-electron chi connectivity index (χ0n) is 18.4. The molecule has 34 heavy (non-hydrogen) atoms. The summed E-state index contributed by atoms with van der Waals surface area (Å²) in [7, 11) is -3.51. The van der Waals surface area contributed by atoms with Crippen LogP contribution in [0.15, 0.2) is 83.8 Å². The molecule has 1 aromatic heterocycles. The van der Waals surface area contributed by atoms with E-state index in [2.05, 4.69) is 0 Å². The summed E-state index contributed by atoms with van der Waals surface area (Å²) in [4.78, 5) is 15.9. The summed E-state index contributed by atoms with van der Waals surface area (Å²) < 4.78 is 27.5. The third-order valence-electron chi connectivity index (χ3n) is 6.19. The van der Waals surface area contributed by atoms with Crippen molar-refractivity contribution >= 4 is 26.6 Å². The molecule has 0 aliphatic carbocycles. The molecule has 1 saturated heterocycles. The number of fused-ring (bicyclic) bond motifs is 1. The molecule has 172 valence electrons. The van der Waals surface area contributed by atoms with Crippen molar-refractivity contribution < 1.29 is 13.3 Å². The molecule has 8 heteroatoms. The second-order valence-corrected chi connectivity index (χ2v) is 10.3. The Hall–Kier alpha value is -3.62. The number of benzene rings is 3. The Bertz CT molecular complexity index is 1460. The quantitative estimate of drug-likeness (QED) is 0.276. The minimum atomic E-state index is -3.51. The van der Waals surface area contributed by atoms with Crippen LogP contribution < -0.4 is 0 Å². The number of sulfonamides is 1. The van der Waals surface area contributed by atoms with Gasteiger partial charge in [-0.1, -0.05) is 48.9 Å². The van der Waals surface area contributed by atoms with Crippen LogP contribution in [-0.2, 0) is 10.0 Å². The fourth-order valence-corrected chi connectivity index (χ4v) is 5.90. The van der Waals surface area contributed by atoms with Gasteiger partial charge in [0.15, 0.2) is 0 Å². The molecule has 0 bridgehead atoms. The lowest BCUT2D eigenvalue weighted by Crippen LogP contribution is -2.35.